The molecule has 3 nitrogen and oxygen atoms in total. The smallest absolute Gasteiger partial charge is 0.336 e. The predicted molar refractivity (Wildman–Crippen MR) is 81.8 cm³/mol. The minimum atomic E-state index is -1.11. The van der Waals surface area contributed by atoms with Gasteiger partial charge in [-0.1, -0.05) is 28.1 Å². The standard InChI is InChI=1S/C16H9BrFNO2/c17-10-3-1-9(2-4-10)15-8-13(16(20)21)12-7-11(18)5-6-14(12)19-15/h1-8H,(H,20,21). The molecular weight excluding hydrogens is 337 g/mol. The first-order valence-electron chi connectivity index (χ1n) is 6.14. The number of nitrogens with zero attached hydrogens (tertiary/aromatic N) is 1. The van der Waals surface area contributed by atoms with Crippen LogP contribution in [0.2, 0.25) is 0 Å². The Bertz CT molecular complexity index is 847. The van der Waals surface area contributed by atoms with Crippen molar-refractivity contribution in [2.24, 2.45) is 0 Å². The molecule has 0 radical (unpaired) electrons. The largest absolute Gasteiger partial charge is 0.478 e. The second kappa shape index (κ2) is 5.26. The first kappa shape index (κ1) is 13.7. The van der Waals surface area contributed by atoms with E-state index >= 15 is 0 Å². The molecule has 0 aliphatic carbocycles. The van der Waals surface area contributed by atoms with E-state index < -0.39 is 11.8 Å². The first-order valence-corrected chi connectivity index (χ1v) is 6.93. The highest BCUT2D eigenvalue weighted by Crippen LogP contribution is 2.26. The van der Waals surface area contributed by atoms with Crippen molar-refractivity contribution in [2.75, 3.05) is 0 Å². The van der Waals surface area contributed by atoms with Gasteiger partial charge in [0.25, 0.3) is 0 Å². The molecule has 1 aromatic heterocycles. The summed E-state index contributed by atoms with van der Waals surface area (Å²) in [5.74, 6) is -1.59. The predicted octanol–water partition coefficient (Wildman–Crippen LogP) is 4.50. The van der Waals surface area contributed by atoms with Crippen molar-refractivity contribution in [3.8, 4) is 11.3 Å². The third-order valence-electron chi connectivity index (χ3n) is 3.14. The van der Waals surface area contributed by atoms with Crippen LogP contribution in [0.15, 0.2) is 53.0 Å². The Labute approximate surface area is 128 Å². The average Bonchev–Trinajstić information content (AvgIpc) is 2.46. The summed E-state index contributed by atoms with van der Waals surface area (Å²) in [4.78, 5) is 15.8. The van der Waals surface area contributed by atoms with Crippen LogP contribution in [0.25, 0.3) is 22.2 Å². The number of pyridine rings is 1. The molecule has 0 bridgehead atoms. The number of fused-ring (bicyclic) bond motifs is 1. The zero-order chi connectivity index (χ0) is 15.0. The molecule has 0 aliphatic heterocycles. The molecule has 0 saturated heterocycles. The van der Waals surface area contributed by atoms with Crippen LogP contribution >= 0.6 is 15.9 Å². The van der Waals surface area contributed by atoms with Gasteiger partial charge in [-0.15, -0.1) is 0 Å². The van der Waals surface area contributed by atoms with Crippen LogP contribution in [0.1, 0.15) is 10.4 Å². The molecule has 0 unspecified atom stereocenters. The van der Waals surface area contributed by atoms with E-state index in [1.165, 1.54) is 24.3 Å². The number of carbonyl (C=O) groups is 1. The van der Waals surface area contributed by atoms with Crippen LogP contribution in [-0.4, -0.2) is 16.1 Å². The summed E-state index contributed by atoms with van der Waals surface area (Å²) in [7, 11) is 0. The quantitative estimate of drug-likeness (QED) is 0.743. The highest BCUT2D eigenvalue weighted by molar-refractivity contribution is 9.10. The number of halogens is 2. The molecule has 1 heterocycles. The van der Waals surface area contributed by atoms with Crippen molar-refractivity contribution in [2.45, 2.75) is 0 Å². The Morgan fingerprint density at radius 3 is 2.48 bits per heavy atom. The molecule has 0 atom stereocenters. The number of carboxylic acids is 1. The van der Waals surface area contributed by atoms with Gasteiger partial charge in [-0.05, 0) is 36.4 Å². The van der Waals surface area contributed by atoms with Gasteiger partial charge in [-0.25, -0.2) is 14.2 Å². The molecule has 3 rings (SSSR count). The Kier molecular flexibility index (Phi) is 3.43. The Morgan fingerprint density at radius 1 is 1.10 bits per heavy atom. The summed E-state index contributed by atoms with van der Waals surface area (Å²) in [5.41, 5.74) is 1.83. The van der Waals surface area contributed by atoms with Gasteiger partial charge < -0.3 is 5.11 Å². The molecule has 0 saturated carbocycles. The highest BCUT2D eigenvalue weighted by atomic mass is 79.9. The number of rotatable bonds is 2. The van der Waals surface area contributed by atoms with E-state index in [1.54, 1.807) is 0 Å². The zero-order valence-electron chi connectivity index (χ0n) is 10.7. The lowest BCUT2D eigenvalue weighted by molar-refractivity contribution is 0.0699. The molecule has 0 spiro atoms. The molecule has 104 valence electrons. The van der Waals surface area contributed by atoms with Crippen LogP contribution in [0.4, 0.5) is 4.39 Å². The minimum absolute atomic E-state index is 0.0393. The van der Waals surface area contributed by atoms with E-state index in [2.05, 4.69) is 20.9 Å². The molecule has 3 aromatic rings. The monoisotopic (exact) mass is 345 g/mol. The van der Waals surface area contributed by atoms with Gasteiger partial charge >= 0.3 is 5.97 Å². The van der Waals surface area contributed by atoms with Crippen molar-refractivity contribution in [1.82, 2.24) is 4.98 Å². The number of benzene rings is 2. The van der Waals surface area contributed by atoms with Gasteiger partial charge in [0.15, 0.2) is 0 Å². The summed E-state index contributed by atoms with van der Waals surface area (Å²) >= 11 is 3.35. The summed E-state index contributed by atoms with van der Waals surface area (Å²) in [6.07, 6.45) is 0. The number of hydrogen-bond donors (Lipinski definition) is 1. The number of aromatic nitrogens is 1. The Balaban J connectivity index is 2.28. The summed E-state index contributed by atoms with van der Waals surface area (Å²) < 4.78 is 14.2. The maximum atomic E-state index is 13.3. The Morgan fingerprint density at radius 2 is 1.81 bits per heavy atom. The van der Waals surface area contributed by atoms with Gasteiger partial charge in [0.2, 0.25) is 0 Å². The number of hydrogen-bond acceptors (Lipinski definition) is 2. The van der Waals surface area contributed by atoms with Gasteiger partial charge in [-0.2, -0.15) is 0 Å². The lowest BCUT2D eigenvalue weighted by atomic mass is 10.0. The Hall–Kier alpha value is -2.27. The van der Waals surface area contributed by atoms with Crippen molar-refractivity contribution in [1.29, 1.82) is 0 Å². The molecule has 0 amide bonds. The van der Waals surface area contributed by atoms with E-state index in [-0.39, 0.29) is 5.56 Å². The first-order chi connectivity index (χ1) is 10.0. The maximum absolute atomic E-state index is 13.3. The van der Waals surface area contributed by atoms with E-state index in [1.807, 2.05) is 24.3 Å². The van der Waals surface area contributed by atoms with Crippen molar-refractivity contribution in [3.63, 3.8) is 0 Å². The molecule has 21 heavy (non-hydrogen) atoms. The summed E-state index contributed by atoms with van der Waals surface area (Å²) in [5, 5.41) is 9.63. The summed E-state index contributed by atoms with van der Waals surface area (Å²) in [6.45, 7) is 0. The number of aromatic carboxylic acids is 1. The minimum Gasteiger partial charge on any atom is -0.478 e. The van der Waals surface area contributed by atoms with Crippen LogP contribution < -0.4 is 0 Å². The topological polar surface area (TPSA) is 50.2 Å². The maximum Gasteiger partial charge on any atom is 0.336 e. The second-order valence-electron chi connectivity index (χ2n) is 4.53. The SMILES string of the molecule is O=C(O)c1cc(-c2ccc(Br)cc2)nc2ccc(F)cc12. The fourth-order valence-corrected chi connectivity index (χ4v) is 2.41. The van der Waals surface area contributed by atoms with E-state index in [9.17, 15) is 14.3 Å². The van der Waals surface area contributed by atoms with E-state index in [0.717, 1.165) is 10.0 Å². The molecule has 2 aromatic carbocycles. The van der Waals surface area contributed by atoms with Gasteiger partial charge in [0.05, 0.1) is 16.8 Å². The number of carboxylic acid groups (broad SMARTS) is 1. The van der Waals surface area contributed by atoms with E-state index in [4.69, 9.17) is 0 Å². The lowest BCUT2D eigenvalue weighted by Crippen LogP contribution is -2.00. The van der Waals surface area contributed by atoms with Gasteiger partial charge in [0.1, 0.15) is 5.82 Å². The van der Waals surface area contributed by atoms with Crippen LogP contribution in [0.5, 0.6) is 0 Å². The molecule has 1 N–H and O–H groups in total. The summed E-state index contributed by atoms with van der Waals surface area (Å²) in [6, 6.07) is 12.8. The second-order valence-corrected chi connectivity index (χ2v) is 5.44. The van der Waals surface area contributed by atoms with Gasteiger partial charge in [0, 0.05) is 15.4 Å². The molecule has 5 heteroatoms. The van der Waals surface area contributed by atoms with Crippen molar-refractivity contribution in [3.05, 3.63) is 64.4 Å². The molecular formula is C16H9BrFNO2. The van der Waals surface area contributed by atoms with Crippen molar-refractivity contribution >= 4 is 32.8 Å². The van der Waals surface area contributed by atoms with Crippen LogP contribution in [0.3, 0.4) is 0 Å². The highest BCUT2D eigenvalue weighted by Gasteiger charge is 2.13. The van der Waals surface area contributed by atoms with Crippen LogP contribution in [0, 0.1) is 5.82 Å². The third kappa shape index (κ3) is 2.64. The third-order valence-corrected chi connectivity index (χ3v) is 3.67. The van der Waals surface area contributed by atoms with Gasteiger partial charge in [-0.3, -0.25) is 0 Å². The molecule has 0 fully saturated rings. The van der Waals surface area contributed by atoms with Crippen LogP contribution in [-0.2, 0) is 0 Å². The van der Waals surface area contributed by atoms with Crippen molar-refractivity contribution < 1.29 is 14.3 Å². The lowest BCUT2D eigenvalue weighted by Gasteiger charge is -2.07. The zero-order valence-corrected chi connectivity index (χ0v) is 12.3. The van der Waals surface area contributed by atoms with E-state index in [0.29, 0.717) is 16.6 Å². The fourth-order valence-electron chi connectivity index (χ4n) is 2.14. The molecule has 0 aliphatic rings. The fraction of sp³-hybridized carbons (Fsp3) is 0. The normalized spacial score (nSPS) is 10.8. The average molecular weight is 346 g/mol.